The van der Waals surface area contributed by atoms with Crippen LogP contribution in [0.4, 0.5) is 0 Å². The van der Waals surface area contributed by atoms with E-state index in [1.807, 2.05) is 13.8 Å². The third-order valence-corrected chi connectivity index (χ3v) is 3.41. The van der Waals surface area contributed by atoms with E-state index in [1.165, 1.54) is 10.8 Å². The van der Waals surface area contributed by atoms with Gasteiger partial charge in [0.15, 0.2) is 11.0 Å². The van der Waals surface area contributed by atoms with Gasteiger partial charge in [0.1, 0.15) is 5.03 Å². The van der Waals surface area contributed by atoms with Crippen molar-refractivity contribution in [1.29, 1.82) is 0 Å². The number of oxime groups is 1. The molecule has 0 fully saturated rings. The Morgan fingerprint density at radius 1 is 1.60 bits per heavy atom. The lowest BCUT2D eigenvalue weighted by Crippen LogP contribution is -2.19. The van der Waals surface area contributed by atoms with E-state index in [4.69, 9.17) is 10.9 Å². The average molecular weight is 295 g/mol. The van der Waals surface area contributed by atoms with Crippen molar-refractivity contribution in [3.05, 3.63) is 28.3 Å². The summed E-state index contributed by atoms with van der Waals surface area (Å²) in [6.45, 7) is 3.73. The summed E-state index contributed by atoms with van der Waals surface area (Å²) in [5.74, 6) is -0.0867. The van der Waals surface area contributed by atoms with Gasteiger partial charge >= 0.3 is 5.69 Å². The molecule has 0 aliphatic heterocycles. The van der Waals surface area contributed by atoms with Crippen molar-refractivity contribution >= 4 is 17.6 Å². The van der Waals surface area contributed by atoms with Crippen LogP contribution in [0.5, 0.6) is 0 Å². The van der Waals surface area contributed by atoms with Gasteiger partial charge in [-0.2, -0.15) is 5.10 Å². The van der Waals surface area contributed by atoms with Crippen LogP contribution in [0.15, 0.2) is 32.4 Å². The summed E-state index contributed by atoms with van der Waals surface area (Å²) in [5.41, 5.74) is 5.68. The second kappa shape index (κ2) is 5.74. The summed E-state index contributed by atoms with van der Waals surface area (Å²) in [7, 11) is 0. The topological polar surface area (TPSA) is 135 Å². The fraction of sp³-hybridized carbons (Fsp3) is 0.300. The highest BCUT2D eigenvalue weighted by Gasteiger charge is 2.17. The van der Waals surface area contributed by atoms with Crippen LogP contribution in [0, 0.1) is 0 Å². The first-order valence-corrected chi connectivity index (χ1v) is 6.50. The normalized spacial score (nSPS) is 12.1. The van der Waals surface area contributed by atoms with Crippen molar-refractivity contribution in [1.82, 2.24) is 25.0 Å². The van der Waals surface area contributed by atoms with Gasteiger partial charge in [-0.15, -0.1) is 10.2 Å². The Balaban J connectivity index is 2.44. The number of aromatic amines is 1. The van der Waals surface area contributed by atoms with Gasteiger partial charge < -0.3 is 10.9 Å². The van der Waals surface area contributed by atoms with Crippen molar-refractivity contribution in [2.75, 3.05) is 0 Å². The summed E-state index contributed by atoms with van der Waals surface area (Å²) in [5, 5.41) is 26.5. The van der Waals surface area contributed by atoms with E-state index in [0.717, 1.165) is 11.8 Å². The van der Waals surface area contributed by atoms with Gasteiger partial charge in [-0.25, -0.2) is 9.89 Å². The third-order valence-electron chi connectivity index (χ3n) is 2.45. The van der Waals surface area contributed by atoms with Crippen LogP contribution >= 0.6 is 11.8 Å². The Bertz CT molecular complexity index is 691. The fourth-order valence-corrected chi connectivity index (χ4v) is 2.57. The first-order chi connectivity index (χ1) is 9.54. The molecule has 0 saturated heterocycles. The first-order valence-electron chi connectivity index (χ1n) is 5.69. The molecule has 0 aromatic carbocycles. The predicted molar refractivity (Wildman–Crippen MR) is 71.9 cm³/mol. The zero-order valence-corrected chi connectivity index (χ0v) is 11.6. The predicted octanol–water partition coefficient (Wildman–Crippen LogP) is 0.188. The number of hydrogen-bond acceptors (Lipinski definition) is 7. The molecule has 106 valence electrons. The Kier molecular flexibility index (Phi) is 4.03. The van der Waals surface area contributed by atoms with Crippen LogP contribution < -0.4 is 11.4 Å². The molecular formula is C10H13N7O2S. The smallest absolute Gasteiger partial charge is 0.344 e. The van der Waals surface area contributed by atoms with Gasteiger partial charge in [-0.05, 0) is 31.7 Å². The van der Waals surface area contributed by atoms with Crippen LogP contribution in [0.25, 0.3) is 0 Å². The third kappa shape index (κ3) is 2.64. The van der Waals surface area contributed by atoms with E-state index in [9.17, 15) is 4.79 Å². The molecule has 2 aromatic heterocycles. The first kappa shape index (κ1) is 14.1. The Morgan fingerprint density at radius 2 is 2.35 bits per heavy atom. The maximum atomic E-state index is 11.7. The molecule has 0 amide bonds. The number of H-pyrrole nitrogens is 1. The Morgan fingerprint density at radius 3 is 3.00 bits per heavy atom. The van der Waals surface area contributed by atoms with Crippen molar-refractivity contribution in [2.24, 2.45) is 10.9 Å². The van der Waals surface area contributed by atoms with E-state index in [-0.39, 0.29) is 17.6 Å². The maximum Gasteiger partial charge on any atom is 0.344 e. The molecule has 9 nitrogen and oxygen atoms in total. The fourth-order valence-electron chi connectivity index (χ4n) is 1.55. The summed E-state index contributed by atoms with van der Waals surface area (Å²) in [6.07, 6.45) is 1.43. The molecular weight excluding hydrogens is 282 g/mol. The molecule has 2 aromatic rings. The zero-order chi connectivity index (χ0) is 14.7. The molecule has 0 bridgehead atoms. The number of nitrogens with two attached hydrogens (primary N) is 1. The van der Waals surface area contributed by atoms with Gasteiger partial charge in [-0.3, -0.25) is 4.57 Å². The van der Waals surface area contributed by atoms with E-state index in [2.05, 4.69) is 25.6 Å². The molecule has 0 aliphatic rings. The lowest BCUT2D eigenvalue weighted by Gasteiger charge is -2.09. The standard InChI is InChI=1S/C10H13N7O2S/c1-5(2)17-9(18)14-15-10(17)20-8-6(7(11)16-19)3-4-12-13-8/h3-5,19H,1-2H3,(H2,11,16)(H,14,18). The minimum Gasteiger partial charge on any atom is -0.409 e. The second-order valence-electron chi connectivity index (χ2n) is 4.11. The SMILES string of the molecule is CC(C)n1c(Sc2nnccc2/C(N)=N/O)n[nH]c1=O. The van der Waals surface area contributed by atoms with Crippen molar-refractivity contribution in [2.45, 2.75) is 30.1 Å². The van der Waals surface area contributed by atoms with Crippen LogP contribution in [0.3, 0.4) is 0 Å². The molecule has 4 N–H and O–H groups in total. The van der Waals surface area contributed by atoms with Crippen LogP contribution in [-0.2, 0) is 0 Å². The number of hydrogen-bond donors (Lipinski definition) is 3. The highest BCUT2D eigenvalue weighted by molar-refractivity contribution is 7.99. The molecule has 0 atom stereocenters. The number of nitrogens with one attached hydrogen (secondary N) is 1. The monoisotopic (exact) mass is 295 g/mol. The van der Waals surface area contributed by atoms with Crippen LogP contribution in [0.1, 0.15) is 25.5 Å². The van der Waals surface area contributed by atoms with E-state index < -0.39 is 0 Å². The van der Waals surface area contributed by atoms with Crippen molar-refractivity contribution in [3.63, 3.8) is 0 Å². The minimum absolute atomic E-state index is 0.0623. The minimum atomic E-state index is -0.309. The lowest BCUT2D eigenvalue weighted by molar-refractivity contribution is 0.318. The molecule has 0 aliphatic carbocycles. The van der Waals surface area contributed by atoms with Crippen LogP contribution in [0.2, 0.25) is 0 Å². The quantitative estimate of drug-likeness (QED) is 0.317. The van der Waals surface area contributed by atoms with Gasteiger partial charge in [0.25, 0.3) is 0 Å². The highest BCUT2D eigenvalue weighted by Crippen LogP contribution is 2.26. The van der Waals surface area contributed by atoms with Crippen molar-refractivity contribution in [3.8, 4) is 0 Å². The summed E-state index contributed by atoms with van der Waals surface area (Å²) in [4.78, 5) is 11.7. The van der Waals surface area contributed by atoms with E-state index in [1.54, 1.807) is 6.07 Å². The van der Waals surface area contributed by atoms with Gasteiger partial charge in [0, 0.05) is 6.04 Å². The molecule has 2 heterocycles. The zero-order valence-electron chi connectivity index (χ0n) is 10.8. The average Bonchev–Trinajstić information content (AvgIpc) is 2.79. The van der Waals surface area contributed by atoms with Gasteiger partial charge in [0.2, 0.25) is 0 Å². The molecule has 0 radical (unpaired) electrons. The molecule has 20 heavy (non-hydrogen) atoms. The van der Waals surface area contributed by atoms with Crippen LogP contribution in [-0.4, -0.2) is 36.0 Å². The Labute approximate surface area is 117 Å². The number of amidine groups is 1. The Hall–Kier alpha value is -2.36. The lowest BCUT2D eigenvalue weighted by atomic mass is 10.3. The van der Waals surface area contributed by atoms with E-state index in [0.29, 0.717) is 15.7 Å². The molecule has 0 spiro atoms. The summed E-state index contributed by atoms with van der Waals surface area (Å²) >= 11 is 1.11. The van der Waals surface area contributed by atoms with Crippen molar-refractivity contribution < 1.29 is 5.21 Å². The number of aromatic nitrogens is 5. The summed E-state index contributed by atoms with van der Waals surface area (Å²) in [6, 6.07) is 1.50. The van der Waals surface area contributed by atoms with E-state index >= 15 is 0 Å². The summed E-state index contributed by atoms with van der Waals surface area (Å²) < 4.78 is 1.48. The molecule has 0 unspecified atom stereocenters. The number of nitrogens with zero attached hydrogens (tertiary/aromatic N) is 5. The molecule has 0 saturated carbocycles. The number of rotatable bonds is 4. The van der Waals surface area contributed by atoms with Gasteiger partial charge in [0.05, 0.1) is 11.8 Å². The maximum absolute atomic E-state index is 11.7. The second-order valence-corrected chi connectivity index (χ2v) is 5.07. The largest absolute Gasteiger partial charge is 0.409 e. The molecule has 10 heteroatoms. The highest BCUT2D eigenvalue weighted by atomic mass is 32.2. The molecule has 2 rings (SSSR count). The van der Waals surface area contributed by atoms with Gasteiger partial charge in [-0.1, -0.05) is 5.16 Å².